The summed E-state index contributed by atoms with van der Waals surface area (Å²) in [5.41, 5.74) is 2.31. The maximum atomic E-state index is 13.7. The number of nitrogens with zero attached hydrogens (tertiary/aromatic N) is 3. The van der Waals surface area contributed by atoms with Crippen molar-refractivity contribution in [1.82, 2.24) is 19.2 Å². The van der Waals surface area contributed by atoms with Gasteiger partial charge in [-0.2, -0.15) is 13.2 Å². The van der Waals surface area contributed by atoms with Crippen molar-refractivity contribution in [3.8, 4) is 0 Å². The highest BCUT2D eigenvalue weighted by Gasteiger charge is 2.43. The third-order valence-corrected chi connectivity index (χ3v) is 12.3. The first-order valence-electron chi connectivity index (χ1n) is 17.3. The Morgan fingerprint density at radius 3 is 2.20 bits per heavy atom. The molecular formula is C36H49F3N4O6SSi. The molecule has 1 fully saturated rings. The second-order valence-corrected chi connectivity index (χ2v) is 23.2. The summed E-state index contributed by atoms with van der Waals surface area (Å²) >= 11 is 0. The summed E-state index contributed by atoms with van der Waals surface area (Å²) in [4.78, 5) is 33.4. The maximum Gasteiger partial charge on any atom is 0.414 e. The fourth-order valence-corrected chi connectivity index (χ4v) is 7.32. The number of benzene rings is 2. The molecule has 1 aromatic heterocycles. The van der Waals surface area contributed by atoms with Crippen LogP contribution < -0.4 is 4.72 Å². The highest BCUT2D eigenvalue weighted by Crippen LogP contribution is 2.36. The van der Waals surface area contributed by atoms with E-state index in [2.05, 4.69) is 24.4 Å². The van der Waals surface area contributed by atoms with Gasteiger partial charge in [0, 0.05) is 14.7 Å². The van der Waals surface area contributed by atoms with Crippen molar-refractivity contribution in [3.05, 3.63) is 65.0 Å². The van der Waals surface area contributed by atoms with E-state index in [1.54, 1.807) is 67.8 Å². The van der Waals surface area contributed by atoms with Gasteiger partial charge in [0.05, 0.1) is 62.7 Å². The van der Waals surface area contributed by atoms with Crippen LogP contribution in [0, 0.1) is 0 Å². The van der Waals surface area contributed by atoms with E-state index < -0.39 is 66.1 Å². The van der Waals surface area contributed by atoms with Gasteiger partial charge in [-0.15, -0.1) is 0 Å². The number of amides is 2. The molecule has 5 rings (SSSR count). The fraction of sp³-hybridized carbons (Fsp3) is 0.583. The molecule has 10 nitrogen and oxygen atoms in total. The van der Waals surface area contributed by atoms with Crippen molar-refractivity contribution in [2.75, 3.05) is 13.2 Å². The van der Waals surface area contributed by atoms with Crippen LogP contribution in [-0.2, 0) is 31.9 Å². The van der Waals surface area contributed by atoms with Crippen LogP contribution in [0.2, 0.25) is 25.7 Å². The Morgan fingerprint density at radius 2 is 1.65 bits per heavy atom. The quantitative estimate of drug-likeness (QED) is 0.0929. The SMILES string of the molecule is C[C@@H](O[C@H](C)C(F)(F)F)[C@H](N[S@](=O)C(C)(C)C)c1nc2cc([C@@H](COC3CC3)N3C(=O)c4ccccc4C3=O)ccc2n1COCC[Si](C)(C)C. The number of rotatable bonds is 16. The first kappa shape index (κ1) is 39.3. The maximum absolute atomic E-state index is 13.7. The molecule has 1 aliphatic heterocycles. The van der Waals surface area contributed by atoms with Gasteiger partial charge in [0.25, 0.3) is 11.8 Å². The summed E-state index contributed by atoms with van der Waals surface area (Å²) in [5.74, 6) is -0.553. The van der Waals surface area contributed by atoms with Gasteiger partial charge < -0.3 is 18.8 Å². The molecule has 51 heavy (non-hydrogen) atoms. The Morgan fingerprint density at radius 1 is 1.02 bits per heavy atom. The van der Waals surface area contributed by atoms with Crippen molar-refractivity contribution in [2.45, 2.75) is 121 Å². The van der Waals surface area contributed by atoms with Gasteiger partial charge in [-0.05, 0) is 83.3 Å². The van der Waals surface area contributed by atoms with Crippen LogP contribution in [-0.4, -0.2) is 81.0 Å². The van der Waals surface area contributed by atoms with Crippen LogP contribution in [0.3, 0.4) is 0 Å². The van der Waals surface area contributed by atoms with Crippen LogP contribution in [0.25, 0.3) is 11.0 Å². The van der Waals surface area contributed by atoms with E-state index in [-0.39, 0.29) is 25.3 Å². The van der Waals surface area contributed by atoms with E-state index >= 15 is 0 Å². The smallest absolute Gasteiger partial charge is 0.376 e. The molecule has 5 atom stereocenters. The van der Waals surface area contributed by atoms with Crippen LogP contribution in [0.1, 0.15) is 91.6 Å². The van der Waals surface area contributed by atoms with Gasteiger partial charge >= 0.3 is 6.18 Å². The minimum Gasteiger partial charge on any atom is -0.376 e. The number of alkyl halides is 3. The highest BCUT2D eigenvalue weighted by molar-refractivity contribution is 7.84. The number of carbonyl (C=O) groups is 2. The highest BCUT2D eigenvalue weighted by atomic mass is 32.2. The molecule has 280 valence electrons. The number of nitrogens with one attached hydrogen (secondary N) is 1. The van der Waals surface area contributed by atoms with Gasteiger partial charge in [-0.1, -0.05) is 37.8 Å². The topological polar surface area (TPSA) is 112 Å². The van der Waals surface area contributed by atoms with Crippen LogP contribution in [0.5, 0.6) is 0 Å². The molecule has 0 bridgehead atoms. The minimum absolute atomic E-state index is 0.0319. The molecule has 2 aliphatic rings. The van der Waals surface area contributed by atoms with Crippen molar-refractivity contribution >= 4 is 41.9 Å². The standard InChI is InChI=1S/C36H49F3N4O6SSi/c1-22(49-23(2)36(37,38)39)31(41-50(46)35(3,4)5)32-40-28-19-24(13-16-29(28)42(32)21-47-17-18-51(6,7)8)30(20-48-25-14-15-25)43-33(44)26-11-9-10-12-27(26)34(43)45/h9-13,16,19,22-23,25,30-31,41H,14-15,17-18,20-21H2,1-8H3/t22-,23-,30-,31+,50-/m1/s1. The van der Waals surface area contributed by atoms with E-state index in [0.717, 1.165) is 25.8 Å². The number of ether oxygens (including phenoxy) is 3. The van der Waals surface area contributed by atoms with Crippen LogP contribution in [0.15, 0.2) is 42.5 Å². The molecule has 0 saturated heterocycles. The van der Waals surface area contributed by atoms with Gasteiger partial charge in [0.2, 0.25) is 0 Å². The Labute approximate surface area is 301 Å². The van der Waals surface area contributed by atoms with Gasteiger partial charge in [0.15, 0.2) is 6.10 Å². The minimum atomic E-state index is -4.61. The van der Waals surface area contributed by atoms with Crippen LogP contribution >= 0.6 is 0 Å². The lowest BCUT2D eigenvalue weighted by Crippen LogP contribution is -2.43. The Bertz CT molecular complexity index is 1730. The zero-order chi connectivity index (χ0) is 37.5. The van der Waals surface area contributed by atoms with E-state index in [9.17, 15) is 27.0 Å². The van der Waals surface area contributed by atoms with Crippen molar-refractivity contribution in [2.24, 2.45) is 0 Å². The molecule has 15 heteroatoms. The molecule has 2 heterocycles. The molecule has 0 unspecified atom stereocenters. The predicted octanol–water partition coefficient (Wildman–Crippen LogP) is 7.31. The van der Waals surface area contributed by atoms with E-state index in [1.165, 1.54) is 11.8 Å². The van der Waals surface area contributed by atoms with Crippen molar-refractivity contribution in [3.63, 3.8) is 0 Å². The van der Waals surface area contributed by atoms with E-state index in [0.29, 0.717) is 34.3 Å². The Kier molecular flexibility index (Phi) is 11.7. The Hall–Kier alpha value is -2.95. The monoisotopic (exact) mass is 750 g/mol. The summed E-state index contributed by atoms with van der Waals surface area (Å²) in [7, 11) is -3.16. The van der Waals surface area contributed by atoms with Gasteiger partial charge in [-0.25, -0.2) is 13.9 Å². The zero-order valence-electron chi connectivity index (χ0n) is 30.5. The number of halogens is 3. The summed E-state index contributed by atoms with van der Waals surface area (Å²) in [6.45, 7) is 15.0. The normalized spacial score (nSPS) is 18.6. The molecule has 1 aliphatic carbocycles. The number of hydrogen-bond acceptors (Lipinski definition) is 7. The fourth-order valence-electron chi connectivity index (χ4n) is 5.68. The average Bonchev–Trinajstić information content (AvgIpc) is 3.75. The largest absolute Gasteiger partial charge is 0.414 e. The molecule has 3 aromatic rings. The first-order chi connectivity index (χ1) is 23.8. The number of fused-ring (bicyclic) bond motifs is 2. The molecular weight excluding hydrogens is 702 g/mol. The first-order valence-corrected chi connectivity index (χ1v) is 22.2. The second-order valence-electron chi connectivity index (χ2n) is 15.6. The van der Waals surface area contributed by atoms with Gasteiger partial charge in [0.1, 0.15) is 18.6 Å². The molecule has 1 N–H and O–H groups in total. The lowest BCUT2D eigenvalue weighted by molar-refractivity contribution is -0.227. The predicted molar refractivity (Wildman–Crippen MR) is 192 cm³/mol. The molecule has 0 spiro atoms. The zero-order valence-corrected chi connectivity index (χ0v) is 32.3. The number of hydrogen-bond donors (Lipinski definition) is 1. The molecule has 1 saturated carbocycles. The lowest BCUT2D eigenvalue weighted by Gasteiger charge is -2.30. The number of carbonyl (C=O) groups excluding carboxylic acids is 2. The summed E-state index contributed by atoms with van der Waals surface area (Å²) < 4.78 is 76.3. The van der Waals surface area contributed by atoms with Crippen LogP contribution in [0.4, 0.5) is 13.2 Å². The third-order valence-electron chi connectivity index (χ3n) is 8.97. The second kappa shape index (κ2) is 15.2. The summed E-state index contributed by atoms with van der Waals surface area (Å²) in [6, 6.07) is 11.1. The lowest BCUT2D eigenvalue weighted by atomic mass is 10.0. The van der Waals surface area contributed by atoms with Crippen molar-refractivity contribution < 1.29 is 41.2 Å². The summed E-state index contributed by atoms with van der Waals surface area (Å²) in [5, 5.41) is 0. The van der Waals surface area contributed by atoms with E-state index in [1.807, 2.05) is 0 Å². The molecule has 2 aromatic carbocycles. The number of imidazole rings is 1. The van der Waals surface area contributed by atoms with Gasteiger partial charge in [-0.3, -0.25) is 14.5 Å². The van der Waals surface area contributed by atoms with Crippen molar-refractivity contribution in [1.29, 1.82) is 0 Å². The third kappa shape index (κ3) is 9.35. The number of aromatic nitrogens is 2. The Balaban J connectivity index is 1.59. The van der Waals surface area contributed by atoms with E-state index in [4.69, 9.17) is 19.2 Å². The molecule has 0 radical (unpaired) electrons. The summed E-state index contributed by atoms with van der Waals surface area (Å²) in [6.07, 6.45) is -5.97. The molecule has 2 amide bonds. The number of imide groups is 1. The average molecular weight is 751 g/mol.